The van der Waals surface area contributed by atoms with Crippen molar-refractivity contribution in [2.75, 3.05) is 34.8 Å². The van der Waals surface area contributed by atoms with Gasteiger partial charge >= 0.3 is 0 Å². The summed E-state index contributed by atoms with van der Waals surface area (Å²) in [4.78, 5) is 37.4. The number of carbonyl (C=O) groups excluding carboxylic acids is 2. The monoisotopic (exact) mass is 513 g/mol. The number of nitrogens with zero attached hydrogens (tertiary/aromatic N) is 4. The van der Waals surface area contributed by atoms with Crippen molar-refractivity contribution in [2.24, 2.45) is 0 Å². The van der Waals surface area contributed by atoms with Crippen molar-refractivity contribution in [3.8, 4) is 22.8 Å². The fourth-order valence-corrected chi connectivity index (χ4v) is 5.38. The molecule has 1 aromatic carbocycles. The van der Waals surface area contributed by atoms with Crippen LogP contribution in [0, 0.1) is 0 Å². The van der Waals surface area contributed by atoms with Crippen LogP contribution in [0.15, 0.2) is 42.7 Å². The molecule has 0 radical (unpaired) electrons. The number of hydrogen-bond donors (Lipinski definition) is 2. The summed E-state index contributed by atoms with van der Waals surface area (Å²) in [6, 6.07) is 9.64. The van der Waals surface area contributed by atoms with E-state index >= 15 is 0 Å². The Balaban J connectivity index is 1.16. The Morgan fingerprint density at radius 3 is 2.79 bits per heavy atom. The van der Waals surface area contributed by atoms with Gasteiger partial charge in [0.25, 0.3) is 5.91 Å². The smallest absolute Gasteiger partial charge is 0.259 e. The Kier molecular flexibility index (Phi) is 5.09. The van der Waals surface area contributed by atoms with E-state index < -0.39 is 5.60 Å². The molecule has 2 fully saturated rings. The Bertz CT molecular complexity index is 1490. The van der Waals surface area contributed by atoms with Gasteiger partial charge in [0.05, 0.1) is 18.4 Å². The number of carbonyl (C=O) groups is 2. The Morgan fingerprint density at radius 2 is 2.00 bits per heavy atom. The minimum absolute atomic E-state index is 0.144. The van der Waals surface area contributed by atoms with Gasteiger partial charge in [-0.25, -0.2) is 9.97 Å². The molecule has 1 saturated carbocycles. The molecule has 0 bridgehead atoms. The highest BCUT2D eigenvalue weighted by Gasteiger charge is 2.51. The van der Waals surface area contributed by atoms with Crippen molar-refractivity contribution in [2.45, 2.75) is 44.3 Å². The van der Waals surface area contributed by atoms with E-state index in [1.807, 2.05) is 42.3 Å². The van der Waals surface area contributed by atoms with Crippen LogP contribution in [0.1, 0.15) is 44.3 Å². The molecule has 194 valence electrons. The van der Waals surface area contributed by atoms with E-state index in [2.05, 4.69) is 15.3 Å². The van der Waals surface area contributed by atoms with Crippen LogP contribution in [0.25, 0.3) is 11.1 Å². The predicted molar refractivity (Wildman–Crippen MR) is 140 cm³/mol. The van der Waals surface area contributed by atoms with Gasteiger partial charge in [-0.2, -0.15) is 0 Å². The van der Waals surface area contributed by atoms with Crippen molar-refractivity contribution < 1.29 is 24.2 Å². The summed E-state index contributed by atoms with van der Waals surface area (Å²) in [6.45, 7) is 3.41. The summed E-state index contributed by atoms with van der Waals surface area (Å²) in [5, 5.41) is 13.6. The highest BCUT2D eigenvalue weighted by molar-refractivity contribution is 6.02. The number of rotatable bonds is 4. The van der Waals surface area contributed by atoms with E-state index in [-0.39, 0.29) is 17.9 Å². The molecule has 0 spiro atoms. The van der Waals surface area contributed by atoms with Gasteiger partial charge in [0.2, 0.25) is 11.8 Å². The van der Waals surface area contributed by atoms with Crippen LogP contribution >= 0.6 is 0 Å². The summed E-state index contributed by atoms with van der Waals surface area (Å²) in [5.74, 6) is 1.55. The summed E-state index contributed by atoms with van der Waals surface area (Å²) in [6.07, 6.45) is 5.65. The molecule has 1 atom stereocenters. The van der Waals surface area contributed by atoms with E-state index in [9.17, 15) is 14.7 Å². The van der Waals surface area contributed by atoms with Crippen LogP contribution in [0.4, 0.5) is 22.9 Å². The minimum Gasteiger partial charge on any atom is -0.485 e. The van der Waals surface area contributed by atoms with Crippen molar-refractivity contribution in [3.63, 3.8) is 0 Å². The lowest BCUT2D eigenvalue weighted by Crippen LogP contribution is -2.45. The molecule has 10 heteroatoms. The van der Waals surface area contributed by atoms with Gasteiger partial charge in [0, 0.05) is 47.6 Å². The normalized spacial score (nSPS) is 20.6. The highest BCUT2D eigenvalue weighted by atomic mass is 16.5. The summed E-state index contributed by atoms with van der Waals surface area (Å²) >= 11 is 0. The van der Waals surface area contributed by atoms with Crippen LogP contribution in [0.2, 0.25) is 0 Å². The first-order valence-corrected chi connectivity index (χ1v) is 13.0. The molecule has 4 aliphatic rings. The van der Waals surface area contributed by atoms with E-state index in [0.29, 0.717) is 55.5 Å². The fraction of sp³-hybridized carbons (Fsp3) is 0.357. The molecule has 3 aliphatic heterocycles. The molecule has 1 unspecified atom stereocenters. The van der Waals surface area contributed by atoms with E-state index in [1.165, 1.54) is 0 Å². The maximum absolute atomic E-state index is 12.9. The lowest BCUT2D eigenvalue weighted by Gasteiger charge is -2.30. The number of ether oxygens (including phenoxy) is 2. The van der Waals surface area contributed by atoms with Gasteiger partial charge in [0.1, 0.15) is 35.6 Å². The second-order valence-electron chi connectivity index (χ2n) is 10.3. The number of fused-ring (bicyclic) bond motifs is 4. The lowest BCUT2D eigenvalue weighted by atomic mass is 9.94. The first-order valence-electron chi connectivity index (χ1n) is 13.0. The van der Waals surface area contributed by atoms with Crippen LogP contribution < -0.4 is 24.6 Å². The number of aliphatic hydroxyl groups is 1. The fourth-order valence-electron chi connectivity index (χ4n) is 5.38. The molecule has 3 aromatic rings. The second-order valence-corrected chi connectivity index (χ2v) is 10.3. The number of pyridine rings is 2. The third kappa shape index (κ3) is 3.75. The second kappa shape index (κ2) is 8.42. The van der Waals surface area contributed by atoms with Gasteiger partial charge in [-0.3, -0.25) is 9.59 Å². The third-order valence-electron chi connectivity index (χ3n) is 7.63. The number of nitrogens with one attached hydrogen (secondary N) is 1. The largest absolute Gasteiger partial charge is 0.485 e. The molecule has 38 heavy (non-hydrogen) atoms. The summed E-state index contributed by atoms with van der Waals surface area (Å²) in [7, 11) is 0. The van der Waals surface area contributed by atoms with E-state index in [1.54, 1.807) is 17.2 Å². The molecule has 1 saturated heterocycles. The number of benzene rings is 1. The van der Waals surface area contributed by atoms with Crippen LogP contribution in [0.5, 0.6) is 11.6 Å². The first kappa shape index (κ1) is 23.0. The molecular weight excluding hydrogens is 486 g/mol. The Hall–Kier alpha value is -4.18. The van der Waals surface area contributed by atoms with Gasteiger partial charge in [-0.05, 0) is 50.5 Å². The SMILES string of the molecule is CC1Oc2cc(N3CCCC3=O)ccc2-c2cnc(Nc3cnc4c(c3)N(C(=O)C3(O)CC3)CCO4)cc21. The maximum atomic E-state index is 12.9. The van der Waals surface area contributed by atoms with Crippen molar-refractivity contribution in [3.05, 3.63) is 48.3 Å². The number of anilines is 4. The Labute approximate surface area is 219 Å². The van der Waals surface area contributed by atoms with Crippen molar-refractivity contribution in [1.29, 1.82) is 0 Å². The van der Waals surface area contributed by atoms with E-state index in [4.69, 9.17) is 9.47 Å². The number of hydrogen-bond acceptors (Lipinski definition) is 8. The standard InChI is InChI=1S/C28H27N5O5/c1-16-20-13-24(29-15-21(20)19-5-4-18(12-23(19)38-16)32-8-2-3-25(32)34)31-17-11-22-26(30-14-17)37-10-9-33(22)27(35)28(36)6-7-28/h4-5,11-16,36H,2-3,6-10H2,1H3,(H,29,31). The quantitative estimate of drug-likeness (QED) is 0.542. The van der Waals surface area contributed by atoms with Gasteiger partial charge < -0.3 is 29.7 Å². The molecule has 7 rings (SSSR count). The molecule has 10 nitrogen and oxygen atoms in total. The Morgan fingerprint density at radius 1 is 1.13 bits per heavy atom. The third-order valence-corrected chi connectivity index (χ3v) is 7.63. The van der Waals surface area contributed by atoms with Crippen LogP contribution in [-0.4, -0.2) is 52.2 Å². The molecule has 2 aromatic heterocycles. The predicted octanol–water partition coefficient (Wildman–Crippen LogP) is 3.72. The lowest BCUT2D eigenvalue weighted by molar-refractivity contribution is -0.128. The van der Waals surface area contributed by atoms with Crippen molar-refractivity contribution in [1.82, 2.24) is 9.97 Å². The molecular formula is C28H27N5O5. The summed E-state index contributed by atoms with van der Waals surface area (Å²) < 4.78 is 11.9. The van der Waals surface area contributed by atoms with Crippen LogP contribution in [0.3, 0.4) is 0 Å². The number of amides is 2. The zero-order valence-electron chi connectivity index (χ0n) is 20.9. The highest BCUT2D eigenvalue weighted by Crippen LogP contribution is 2.45. The zero-order valence-corrected chi connectivity index (χ0v) is 20.9. The van der Waals surface area contributed by atoms with Crippen LogP contribution in [-0.2, 0) is 9.59 Å². The van der Waals surface area contributed by atoms with Gasteiger partial charge in [-0.15, -0.1) is 0 Å². The molecule has 5 heterocycles. The van der Waals surface area contributed by atoms with E-state index in [0.717, 1.165) is 41.1 Å². The average molecular weight is 514 g/mol. The topological polar surface area (TPSA) is 117 Å². The first-order chi connectivity index (χ1) is 18.4. The minimum atomic E-state index is -1.27. The average Bonchev–Trinajstić information content (AvgIpc) is 3.54. The number of aromatic nitrogens is 2. The maximum Gasteiger partial charge on any atom is 0.259 e. The molecule has 2 N–H and O–H groups in total. The van der Waals surface area contributed by atoms with Gasteiger partial charge in [-0.1, -0.05) is 0 Å². The molecule has 1 aliphatic carbocycles. The molecule has 2 amide bonds. The van der Waals surface area contributed by atoms with Gasteiger partial charge in [0.15, 0.2) is 0 Å². The zero-order chi connectivity index (χ0) is 26.0. The summed E-state index contributed by atoms with van der Waals surface area (Å²) in [5.41, 5.74) is 3.67. The van der Waals surface area contributed by atoms with Crippen molar-refractivity contribution >= 4 is 34.7 Å².